The summed E-state index contributed by atoms with van der Waals surface area (Å²) >= 11 is 0. The van der Waals surface area contributed by atoms with Crippen molar-refractivity contribution in [3.05, 3.63) is 58.0 Å². The third-order valence-electron chi connectivity index (χ3n) is 3.98. The first-order valence-electron chi connectivity index (χ1n) is 7.94. The van der Waals surface area contributed by atoms with Gasteiger partial charge in [-0.2, -0.15) is 0 Å². The molecule has 26 heavy (non-hydrogen) atoms. The molecule has 1 aromatic heterocycles. The normalized spacial score (nSPS) is 11.9. The summed E-state index contributed by atoms with van der Waals surface area (Å²) in [5.74, 6) is -1.17. The maximum atomic E-state index is 12.3. The fourth-order valence-electron chi connectivity index (χ4n) is 2.49. The molecule has 1 heterocycles. The van der Waals surface area contributed by atoms with Crippen LogP contribution in [0.3, 0.4) is 0 Å². The first-order chi connectivity index (χ1) is 12.3. The second-order valence-electron chi connectivity index (χ2n) is 5.91. The number of ether oxygens (including phenoxy) is 1. The van der Waals surface area contributed by atoms with Gasteiger partial charge >= 0.3 is 11.7 Å². The Labute approximate surface area is 148 Å². The standard InChI is InChI=1S/C18H18N4O4/c1-9-4-3-5-12(15(9)19)17(24)26-10(2)16(23)20-11-6-7-13-14(8-11)22-18(25)21-13/h3-8,10H,19H2,1-2H3,(H,20,23)(H2,21,22,25)/t10-/m1/s1. The van der Waals surface area contributed by atoms with Crippen molar-refractivity contribution in [3.63, 3.8) is 0 Å². The molecule has 0 fully saturated rings. The Morgan fingerprint density at radius 2 is 1.88 bits per heavy atom. The molecule has 5 N–H and O–H groups in total. The van der Waals surface area contributed by atoms with Gasteiger partial charge in [0.2, 0.25) is 0 Å². The van der Waals surface area contributed by atoms with Crippen LogP contribution in [0.5, 0.6) is 0 Å². The van der Waals surface area contributed by atoms with E-state index in [4.69, 9.17) is 10.5 Å². The number of carbonyl (C=O) groups is 2. The summed E-state index contributed by atoms with van der Waals surface area (Å²) in [6.07, 6.45) is -1.02. The molecule has 1 atom stereocenters. The number of hydrogen-bond acceptors (Lipinski definition) is 5. The first-order valence-corrected chi connectivity index (χ1v) is 7.94. The number of carbonyl (C=O) groups excluding carboxylic acids is 2. The lowest BCUT2D eigenvalue weighted by Crippen LogP contribution is -2.30. The Hall–Kier alpha value is -3.55. The summed E-state index contributed by atoms with van der Waals surface area (Å²) in [5, 5.41) is 2.64. The van der Waals surface area contributed by atoms with Crippen LogP contribution in [0.2, 0.25) is 0 Å². The second-order valence-corrected chi connectivity index (χ2v) is 5.91. The molecular weight excluding hydrogens is 336 g/mol. The molecule has 3 rings (SSSR count). The van der Waals surface area contributed by atoms with Gasteiger partial charge in [-0.15, -0.1) is 0 Å². The van der Waals surface area contributed by atoms with E-state index < -0.39 is 18.0 Å². The Balaban J connectivity index is 1.69. The summed E-state index contributed by atoms with van der Waals surface area (Å²) in [6, 6.07) is 9.93. The van der Waals surface area contributed by atoms with Crippen molar-refractivity contribution in [2.75, 3.05) is 11.1 Å². The average Bonchev–Trinajstić information content (AvgIpc) is 2.96. The van der Waals surface area contributed by atoms with Crippen LogP contribution in [-0.4, -0.2) is 27.9 Å². The summed E-state index contributed by atoms with van der Waals surface area (Å²) in [4.78, 5) is 41.0. The van der Waals surface area contributed by atoms with Crippen LogP contribution in [0.15, 0.2) is 41.2 Å². The number of H-pyrrole nitrogens is 2. The third kappa shape index (κ3) is 3.44. The number of hydrogen-bond donors (Lipinski definition) is 4. The molecule has 1 amide bonds. The summed E-state index contributed by atoms with van der Waals surface area (Å²) in [5.41, 5.74) is 8.50. The van der Waals surface area contributed by atoms with E-state index in [1.165, 1.54) is 6.92 Å². The molecule has 0 aliphatic rings. The van der Waals surface area contributed by atoms with Crippen molar-refractivity contribution in [1.82, 2.24) is 9.97 Å². The van der Waals surface area contributed by atoms with E-state index in [0.717, 1.165) is 5.56 Å². The quantitative estimate of drug-likeness (QED) is 0.420. The van der Waals surface area contributed by atoms with Gasteiger partial charge in [-0.25, -0.2) is 9.59 Å². The van der Waals surface area contributed by atoms with Crippen LogP contribution in [0.4, 0.5) is 11.4 Å². The first kappa shape index (κ1) is 17.3. The number of benzene rings is 2. The lowest BCUT2D eigenvalue weighted by Gasteiger charge is -2.15. The van der Waals surface area contributed by atoms with Crippen molar-refractivity contribution >= 4 is 34.3 Å². The molecule has 0 radical (unpaired) electrons. The van der Waals surface area contributed by atoms with E-state index in [0.29, 0.717) is 22.4 Å². The van der Waals surface area contributed by atoms with Crippen molar-refractivity contribution in [3.8, 4) is 0 Å². The van der Waals surface area contributed by atoms with Crippen LogP contribution in [0.25, 0.3) is 11.0 Å². The highest BCUT2D eigenvalue weighted by molar-refractivity contribution is 6.00. The highest BCUT2D eigenvalue weighted by atomic mass is 16.5. The smallest absolute Gasteiger partial charge is 0.341 e. The lowest BCUT2D eigenvalue weighted by atomic mass is 10.1. The van der Waals surface area contributed by atoms with Gasteiger partial charge in [0.1, 0.15) is 0 Å². The predicted octanol–water partition coefficient (Wildman–Crippen LogP) is 1.93. The highest BCUT2D eigenvalue weighted by Gasteiger charge is 2.21. The number of aromatic nitrogens is 2. The van der Waals surface area contributed by atoms with E-state index in [-0.39, 0.29) is 11.3 Å². The molecule has 0 unspecified atom stereocenters. The SMILES string of the molecule is Cc1cccc(C(=O)O[C@H](C)C(=O)Nc2ccc3[nH]c(=O)[nH]c3c2)c1N. The molecule has 0 spiro atoms. The van der Waals surface area contributed by atoms with Gasteiger partial charge in [-0.3, -0.25) is 4.79 Å². The van der Waals surface area contributed by atoms with Gasteiger partial charge in [-0.05, 0) is 43.7 Å². The van der Waals surface area contributed by atoms with Crippen LogP contribution < -0.4 is 16.7 Å². The molecule has 0 aliphatic carbocycles. The molecule has 8 heteroatoms. The zero-order chi connectivity index (χ0) is 18.8. The fraction of sp³-hybridized carbons (Fsp3) is 0.167. The molecule has 0 bridgehead atoms. The van der Waals surface area contributed by atoms with Crippen LogP contribution >= 0.6 is 0 Å². The largest absolute Gasteiger partial charge is 0.449 e. The number of para-hydroxylation sites is 1. The van der Waals surface area contributed by atoms with Crippen LogP contribution in [0.1, 0.15) is 22.8 Å². The Morgan fingerprint density at radius 3 is 2.65 bits per heavy atom. The Morgan fingerprint density at radius 1 is 1.15 bits per heavy atom. The highest BCUT2D eigenvalue weighted by Crippen LogP contribution is 2.19. The molecule has 3 aromatic rings. The zero-order valence-electron chi connectivity index (χ0n) is 14.3. The molecular formula is C18H18N4O4. The van der Waals surface area contributed by atoms with Gasteiger partial charge < -0.3 is 25.8 Å². The van der Waals surface area contributed by atoms with E-state index in [1.807, 2.05) is 0 Å². The molecule has 0 saturated carbocycles. The number of esters is 1. The molecule has 0 saturated heterocycles. The van der Waals surface area contributed by atoms with E-state index >= 15 is 0 Å². The summed E-state index contributed by atoms with van der Waals surface area (Å²) in [7, 11) is 0. The number of nitrogens with two attached hydrogens (primary N) is 1. The molecule has 2 aromatic carbocycles. The summed E-state index contributed by atoms with van der Waals surface area (Å²) < 4.78 is 5.20. The number of fused-ring (bicyclic) bond motifs is 1. The number of nitrogens with one attached hydrogen (secondary N) is 3. The van der Waals surface area contributed by atoms with Crippen molar-refractivity contribution in [1.29, 1.82) is 0 Å². The van der Waals surface area contributed by atoms with Gasteiger partial charge in [0.25, 0.3) is 5.91 Å². The number of aromatic amines is 2. The number of nitrogen functional groups attached to an aromatic ring is 1. The van der Waals surface area contributed by atoms with E-state index in [2.05, 4.69) is 15.3 Å². The molecule has 134 valence electrons. The maximum absolute atomic E-state index is 12.3. The van der Waals surface area contributed by atoms with Gasteiger partial charge in [0.15, 0.2) is 6.10 Å². The van der Waals surface area contributed by atoms with Crippen molar-refractivity contribution in [2.45, 2.75) is 20.0 Å². The number of anilines is 2. The average molecular weight is 354 g/mol. The van der Waals surface area contributed by atoms with Crippen LogP contribution in [-0.2, 0) is 9.53 Å². The van der Waals surface area contributed by atoms with Gasteiger partial charge in [0.05, 0.1) is 16.6 Å². The Kier molecular flexibility index (Phi) is 4.49. The van der Waals surface area contributed by atoms with E-state index in [9.17, 15) is 14.4 Å². The summed E-state index contributed by atoms with van der Waals surface area (Å²) in [6.45, 7) is 3.25. The minimum Gasteiger partial charge on any atom is -0.449 e. The Bertz CT molecular complexity index is 1050. The predicted molar refractivity (Wildman–Crippen MR) is 98.0 cm³/mol. The number of aryl methyl sites for hydroxylation is 1. The van der Waals surface area contributed by atoms with Gasteiger partial charge in [-0.1, -0.05) is 12.1 Å². The topological polar surface area (TPSA) is 130 Å². The zero-order valence-corrected chi connectivity index (χ0v) is 14.3. The van der Waals surface area contributed by atoms with Crippen molar-refractivity contribution < 1.29 is 14.3 Å². The molecule has 0 aliphatic heterocycles. The monoisotopic (exact) mass is 354 g/mol. The lowest BCUT2D eigenvalue weighted by molar-refractivity contribution is -0.123. The minimum atomic E-state index is -1.02. The van der Waals surface area contributed by atoms with E-state index in [1.54, 1.807) is 43.3 Å². The maximum Gasteiger partial charge on any atom is 0.341 e. The number of imidazole rings is 1. The third-order valence-corrected chi connectivity index (χ3v) is 3.98. The van der Waals surface area contributed by atoms with Crippen LogP contribution in [0, 0.1) is 6.92 Å². The molecule has 8 nitrogen and oxygen atoms in total. The van der Waals surface area contributed by atoms with Crippen molar-refractivity contribution in [2.24, 2.45) is 0 Å². The minimum absolute atomic E-state index is 0.218. The number of amides is 1. The number of rotatable bonds is 4. The van der Waals surface area contributed by atoms with Gasteiger partial charge in [0, 0.05) is 11.4 Å². The fourth-order valence-corrected chi connectivity index (χ4v) is 2.49. The second kappa shape index (κ2) is 6.75.